The van der Waals surface area contributed by atoms with E-state index in [4.69, 9.17) is 4.74 Å². The molecule has 0 aliphatic heterocycles. The summed E-state index contributed by atoms with van der Waals surface area (Å²) in [5.74, 6) is 0.776. The van der Waals surface area contributed by atoms with Crippen LogP contribution in [0.4, 0.5) is 0 Å². The molecule has 1 aliphatic carbocycles. The van der Waals surface area contributed by atoms with Crippen molar-refractivity contribution in [3.05, 3.63) is 29.6 Å². The lowest BCUT2D eigenvalue weighted by Gasteiger charge is -2.29. The molecule has 0 spiro atoms. The van der Waals surface area contributed by atoms with E-state index < -0.39 is 0 Å². The van der Waals surface area contributed by atoms with Crippen LogP contribution in [0, 0.1) is 12.8 Å². The van der Waals surface area contributed by atoms with E-state index in [-0.39, 0.29) is 35.9 Å². The minimum atomic E-state index is -0.0518. The van der Waals surface area contributed by atoms with Gasteiger partial charge in [-0.2, -0.15) is 0 Å². The average molecular weight is 460 g/mol. The van der Waals surface area contributed by atoms with Crippen LogP contribution in [-0.2, 0) is 16.1 Å². The fraction of sp³-hybridized carbons (Fsp3) is 0.611. The smallest absolute Gasteiger partial charge is 0.308 e. The number of rotatable bonds is 5. The van der Waals surface area contributed by atoms with Crippen LogP contribution in [0.15, 0.2) is 23.3 Å². The standard InChI is InChI=1S/C18H28N4O2.HI/c1-4-24-17(23)14-7-9-15(10-8-14)22-18(19-3)21-12-16-13(2)6-5-11-20-16;/h5-6,11,14-15H,4,7-10,12H2,1-3H3,(H2,19,21,22);1H. The molecule has 1 saturated carbocycles. The molecule has 0 amide bonds. The zero-order valence-electron chi connectivity index (χ0n) is 15.2. The van der Waals surface area contributed by atoms with Gasteiger partial charge >= 0.3 is 5.97 Å². The Morgan fingerprint density at radius 1 is 1.36 bits per heavy atom. The number of aliphatic imine (C=N–C) groups is 1. The number of pyridine rings is 1. The maximum absolute atomic E-state index is 11.8. The molecular weight excluding hydrogens is 431 g/mol. The van der Waals surface area contributed by atoms with Gasteiger partial charge in [-0.05, 0) is 51.2 Å². The summed E-state index contributed by atoms with van der Waals surface area (Å²) in [6.45, 7) is 5.01. The predicted molar refractivity (Wildman–Crippen MR) is 110 cm³/mol. The van der Waals surface area contributed by atoms with Crippen LogP contribution in [0.2, 0.25) is 0 Å². The highest BCUT2D eigenvalue weighted by molar-refractivity contribution is 14.0. The second-order valence-corrected chi connectivity index (χ2v) is 6.14. The van der Waals surface area contributed by atoms with Crippen LogP contribution in [0.25, 0.3) is 0 Å². The number of carbonyl (C=O) groups is 1. The van der Waals surface area contributed by atoms with Crippen LogP contribution in [0.3, 0.4) is 0 Å². The number of hydrogen-bond donors (Lipinski definition) is 2. The molecule has 1 fully saturated rings. The Balaban J connectivity index is 0.00000312. The monoisotopic (exact) mass is 460 g/mol. The molecule has 6 nitrogen and oxygen atoms in total. The number of carbonyl (C=O) groups excluding carboxylic acids is 1. The highest BCUT2D eigenvalue weighted by Crippen LogP contribution is 2.25. The number of halogens is 1. The Labute approximate surface area is 167 Å². The molecule has 1 aromatic rings. The number of nitrogens with zero attached hydrogens (tertiary/aromatic N) is 2. The Morgan fingerprint density at radius 3 is 2.68 bits per heavy atom. The SMILES string of the molecule is CCOC(=O)C1CCC(NC(=NC)NCc2ncccc2C)CC1.I. The number of aromatic nitrogens is 1. The summed E-state index contributed by atoms with van der Waals surface area (Å²) in [6, 6.07) is 4.33. The number of aryl methyl sites for hydroxylation is 1. The Hall–Kier alpha value is -1.38. The second-order valence-electron chi connectivity index (χ2n) is 6.14. The van der Waals surface area contributed by atoms with Crippen molar-refractivity contribution in [2.75, 3.05) is 13.7 Å². The first-order chi connectivity index (χ1) is 11.6. The molecule has 2 N–H and O–H groups in total. The molecule has 0 unspecified atom stereocenters. The molecular formula is C18H29IN4O2. The zero-order valence-corrected chi connectivity index (χ0v) is 17.6. The summed E-state index contributed by atoms with van der Waals surface area (Å²) in [6.07, 6.45) is 5.44. The Kier molecular flexibility index (Phi) is 9.77. The van der Waals surface area contributed by atoms with E-state index in [0.717, 1.165) is 42.9 Å². The lowest BCUT2D eigenvalue weighted by Crippen LogP contribution is -2.45. The summed E-state index contributed by atoms with van der Waals surface area (Å²) >= 11 is 0. The van der Waals surface area contributed by atoms with E-state index in [1.807, 2.05) is 13.0 Å². The van der Waals surface area contributed by atoms with Crippen LogP contribution in [0.1, 0.15) is 43.9 Å². The van der Waals surface area contributed by atoms with Crippen molar-refractivity contribution in [1.29, 1.82) is 0 Å². The van der Waals surface area contributed by atoms with E-state index >= 15 is 0 Å². The molecule has 1 aliphatic rings. The Morgan fingerprint density at radius 2 is 2.08 bits per heavy atom. The molecule has 0 saturated heterocycles. The summed E-state index contributed by atoms with van der Waals surface area (Å²) in [5.41, 5.74) is 2.18. The fourth-order valence-corrected chi connectivity index (χ4v) is 2.99. The first kappa shape index (κ1) is 21.7. The van der Waals surface area contributed by atoms with Gasteiger partial charge in [0.1, 0.15) is 0 Å². The van der Waals surface area contributed by atoms with Crippen molar-refractivity contribution < 1.29 is 9.53 Å². The van der Waals surface area contributed by atoms with E-state index in [0.29, 0.717) is 19.2 Å². The lowest BCUT2D eigenvalue weighted by molar-refractivity contribution is -0.149. The van der Waals surface area contributed by atoms with Crippen LogP contribution in [0.5, 0.6) is 0 Å². The Bertz CT molecular complexity index is 572. The third-order valence-corrected chi connectivity index (χ3v) is 4.45. The van der Waals surface area contributed by atoms with Gasteiger partial charge in [0.25, 0.3) is 0 Å². The molecule has 0 aromatic carbocycles. The maximum atomic E-state index is 11.8. The van der Waals surface area contributed by atoms with E-state index in [1.165, 1.54) is 0 Å². The van der Waals surface area contributed by atoms with E-state index in [1.54, 1.807) is 13.2 Å². The average Bonchev–Trinajstić information content (AvgIpc) is 2.60. The summed E-state index contributed by atoms with van der Waals surface area (Å²) in [5, 5.41) is 6.76. The topological polar surface area (TPSA) is 75.6 Å². The first-order valence-corrected chi connectivity index (χ1v) is 8.68. The molecule has 0 radical (unpaired) electrons. The number of esters is 1. The van der Waals surface area contributed by atoms with E-state index in [9.17, 15) is 4.79 Å². The molecule has 25 heavy (non-hydrogen) atoms. The molecule has 7 heteroatoms. The van der Waals surface area contributed by atoms with Gasteiger partial charge in [-0.25, -0.2) is 0 Å². The quantitative estimate of drug-likeness (QED) is 0.306. The van der Waals surface area contributed by atoms with Crippen molar-refractivity contribution in [1.82, 2.24) is 15.6 Å². The van der Waals surface area contributed by atoms with E-state index in [2.05, 4.69) is 33.6 Å². The maximum Gasteiger partial charge on any atom is 0.308 e. The van der Waals surface area contributed by atoms with Gasteiger partial charge in [-0.3, -0.25) is 14.8 Å². The number of hydrogen-bond acceptors (Lipinski definition) is 4. The normalized spacial score (nSPS) is 20.4. The highest BCUT2D eigenvalue weighted by Gasteiger charge is 2.27. The molecule has 0 bridgehead atoms. The minimum absolute atomic E-state index is 0. The van der Waals surface area contributed by atoms with Crippen LogP contribution < -0.4 is 10.6 Å². The number of guanidine groups is 1. The van der Waals surface area contributed by atoms with Gasteiger partial charge in [0.15, 0.2) is 5.96 Å². The third-order valence-electron chi connectivity index (χ3n) is 4.45. The van der Waals surface area contributed by atoms with Gasteiger partial charge in [0, 0.05) is 19.3 Å². The van der Waals surface area contributed by atoms with Crippen molar-refractivity contribution in [2.24, 2.45) is 10.9 Å². The van der Waals surface area contributed by atoms with Crippen molar-refractivity contribution >= 4 is 35.9 Å². The summed E-state index contributed by atoms with van der Waals surface area (Å²) in [4.78, 5) is 20.5. The molecule has 2 rings (SSSR count). The van der Waals surface area contributed by atoms with Crippen molar-refractivity contribution in [2.45, 2.75) is 52.1 Å². The molecule has 1 heterocycles. The summed E-state index contributed by atoms with van der Waals surface area (Å²) in [7, 11) is 1.77. The highest BCUT2D eigenvalue weighted by atomic mass is 127. The van der Waals surface area contributed by atoms with Gasteiger partial charge < -0.3 is 15.4 Å². The van der Waals surface area contributed by atoms with Crippen molar-refractivity contribution in [3.63, 3.8) is 0 Å². The summed E-state index contributed by atoms with van der Waals surface area (Å²) < 4.78 is 5.12. The molecule has 1 aromatic heterocycles. The third kappa shape index (κ3) is 6.80. The van der Waals surface area contributed by atoms with Gasteiger partial charge in [0.2, 0.25) is 0 Å². The van der Waals surface area contributed by atoms with Gasteiger partial charge in [0.05, 0.1) is 24.8 Å². The molecule has 140 valence electrons. The van der Waals surface area contributed by atoms with Crippen LogP contribution in [-0.4, -0.2) is 36.6 Å². The van der Waals surface area contributed by atoms with Crippen LogP contribution >= 0.6 is 24.0 Å². The second kappa shape index (κ2) is 11.3. The first-order valence-electron chi connectivity index (χ1n) is 8.68. The lowest BCUT2D eigenvalue weighted by atomic mass is 9.86. The molecule has 0 atom stereocenters. The number of nitrogens with one attached hydrogen (secondary N) is 2. The largest absolute Gasteiger partial charge is 0.466 e. The van der Waals surface area contributed by atoms with Crippen molar-refractivity contribution in [3.8, 4) is 0 Å². The zero-order chi connectivity index (χ0) is 17.4. The van der Waals surface area contributed by atoms with Gasteiger partial charge in [-0.15, -0.1) is 24.0 Å². The number of ether oxygens (including phenoxy) is 1. The van der Waals surface area contributed by atoms with Gasteiger partial charge in [-0.1, -0.05) is 6.07 Å². The predicted octanol–water partition coefficient (Wildman–Crippen LogP) is 2.79. The fourth-order valence-electron chi connectivity index (χ4n) is 2.99. The minimum Gasteiger partial charge on any atom is -0.466 e.